The standard InChI is InChI=1S/C14H13FN2O2/c15-11-6-7-13(16)12(8-11)14(18)17-19-9-10-4-2-1-3-5-10/h1-8H,9,16H2,(H,17,18). The third-order valence-corrected chi connectivity index (χ3v) is 2.51. The van der Waals surface area contributed by atoms with E-state index in [1.54, 1.807) is 0 Å². The van der Waals surface area contributed by atoms with E-state index in [-0.39, 0.29) is 17.9 Å². The predicted molar refractivity (Wildman–Crippen MR) is 69.5 cm³/mol. The molecule has 19 heavy (non-hydrogen) atoms. The largest absolute Gasteiger partial charge is 0.398 e. The fraction of sp³-hybridized carbons (Fsp3) is 0.0714. The number of nitrogens with two attached hydrogens (primary N) is 1. The van der Waals surface area contributed by atoms with Crippen molar-refractivity contribution in [1.82, 2.24) is 5.48 Å². The molecule has 2 rings (SSSR count). The molecule has 1 amide bonds. The van der Waals surface area contributed by atoms with E-state index in [1.807, 2.05) is 30.3 Å². The van der Waals surface area contributed by atoms with Gasteiger partial charge in [0.15, 0.2) is 0 Å². The Balaban J connectivity index is 1.93. The highest BCUT2D eigenvalue weighted by Gasteiger charge is 2.10. The quantitative estimate of drug-likeness (QED) is 0.654. The Morgan fingerprint density at radius 1 is 1.21 bits per heavy atom. The van der Waals surface area contributed by atoms with Gasteiger partial charge in [0.05, 0.1) is 12.2 Å². The van der Waals surface area contributed by atoms with Gasteiger partial charge in [-0.15, -0.1) is 0 Å². The highest BCUT2D eigenvalue weighted by molar-refractivity contribution is 5.98. The van der Waals surface area contributed by atoms with E-state index in [0.29, 0.717) is 0 Å². The van der Waals surface area contributed by atoms with Gasteiger partial charge < -0.3 is 5.73 Å². The summed E-state index contributed by atoms with van der Waals surface area (Å²) in [6.45, 7) is 0.224. The molecule has 5 heteroatoms. The first-order chi connectivity index (χ1) is 9.16. The zero-order valence-corrected chi connectivity index (χ0v) is 10.1. The molecule has 4 nitrogen and oxygen atoms in total. The average molecular weight is 260 g/mol. The number of amides is 1. The van der Waals surface area contributed by atoms with Crippen LogP contribution in [0.3, 0.4) is 0 Å². The van der Waals surface area contributed by atoms with E-state index < -0.39 is 11.7 Å². The number of hydrogen-bond acceptors (Lipinski definition) is 3. The van der Waals surface area contributed by atoms with Crippen LogP contribution < -0.4 is 11.2 Å². The molecule has 3 N–H and O–H groups in total. The lowest BCUT2D eigenvalue weighted by Gasteiger charge is -2.08. The van der Waals surface area contributed by atoms with Gasteiger partial charge in [0.25, 0.3) is 5.91 Å². The van der Waals surface area contributed by atoms with Crippen LogP contribution in [0.15, 0.2) is 48.5 Å². The van der Waals surface area contributed by atoms with Crippen LogP contribution in [0.1, 0.15) is 15.9 Å². The molecule has 0 aromatic heterocycles. The van der Waals surface area contributed by atoms with Gasteiger partial charge in [0, 0.05) is 5.69 Å². The van der Waals surface area contributed by atoms with Crippen LogP contribution in [0.2, 0.25) is 0 Å². The van der Waals surface area contributed by atoms with Gasteiger partial charge in [-0.05, 0) is 23.8 Å². The van der Waals surface area contributed by atoms with E-state index in [0.717, 1.165) is 11.6 Å². The molecule has 0 aliphatic carbocycles. The number of hydrogen-bond donors (Lipinski definition) is 2. The third-order valence-electron chi connectivity index (χ3n) is 2.51. The molecule has 0 spiro atoms. The van der Waals surface area contributed by atoms with Crippen LogP contribution in [-0.4, -0.2) is 5.91 Å². The summed E-state index contributed by atoms with van der Waals surface area (Å²) in [6, 6.07) is 12.9. The van der Waals surface area contributed by atoms with Crippen molar-refractivity contribution < 1.29 is 14.0 Å². The second-order valence-corrected chi connectivity index (χ2v) is 3.94. The molecular formula is C14H13FN2O2. The molecule has 0 heterocycles. The van der Waals surface area contributed by atoms with Crippen molar-refractivity contribution in [3.05, 3.63) is 65.5 Å². The fourth-order valence-electron chi connectivity index (χ4n) is 1.54. The number of halogens is 1. The number of rotatable bonds is 4. The molecule has 0 aliphatic rings. The van der Waals surface area contributed by atoms with E-state index in [1.165, 1.54) is 12.1 Å². The maximum absolute atomic E-state index is 13.0. The van der Waals surface area contributed by atoms with Crippen LogP contribution >= 0.6 is 0 Å². The smallest absolute Gasteiger partial charge is 0.277 e. The van der Waals surface area contributed by atoms with E-state index >= 15 is 0 Å². The summed E-state index contributed by atoms with van der Waals surface area (Å²) in [4.78, 5) is 16.8. The molecule has 0 atom stereocenters. The molecule has 0 unspecified atom stereocenters. The number of benzene rings is 2. The van der Waals surface area contributed by atoms with Gasteiger partial charge in [-0.2, -0.15) is 0 Å². The maximum Gasteiger partial charge on any atom is 0.277 e. The molecule has 0 radical (unpaired) electrons. The van der Waals surface area contributed by atoms with Crippen molar-refractivity contribution in [1.29, 1.82) is 0 Å². The second-order valence-electron chi connectivity index (χ2n) is 3.94. The van der Waals surface area contributed by atoms with Gasteiger partial charge in [-0.25, -0.2) is 9.87 Å². The van der Waals surface area contributed by atoms with Crippen LogP contribution in [0.25, 0.3) is 0 Å². The van der Waals surface area contributed by atoms with Crippen molar-refractivity contribution in [2.24, 2.45) is 0 Å². The van der Waals surface area contributed by atoms with Crippen LogP contribution in [0.5, 0.6) is 0 Å². The Bertz CT molecular complexity index is 573. The van der Waals surface area contributed by atoms with Crippen LogP contribution in [0, 0.1) is 5.82 Å². The summed E-state index contributed by atoms with van der Waals surface area (Å²) in [7, 11) is 0. The normalized spacial score (nSPS) is 10.2. The van der Waals surface area contributed by atoms with Gasteiger partial charge in [0.1, 0.15) is 5.82 Å². The minimum absolute atomic E-state index is 0.0491. The Morgan fingerprint density at radius 3 is 2.68 bits per heavy atom. The summed E-state index contributed by atoms with van der Waals surface area (Å²) in [5, 5.41) is 0. The van der Waals surface area contributed by atoms with E-state index in [9.17, 15) is 9.18 Å². The van der Waals surface area contributed by atoms with Crippen LogP contribution in [-0.2, 0) is 11.4 Å². The van der Waals surface area contributed by atoms with E-state index in [2.05, 4.69) is 5.48 Å². The molecule has 0 fully saturated rings. The molecular weight excluding hydrogens is 247 g/mol. The van der Waals surface area contributed by atoms with Gasteiger partial charge in [-0.1, -0.05) is 30.3 Å². The van der Waals surface area contributed by atoms with Crippen molar-refractivity contribution in [2.75, 3.05) is 5.73 Å². The second kappa shape index (κ2) is 5.97. The first-order valence-corrected chi connectivity index (χ1v) is 5.68. The summed E-state index contributed by atoms with van der Waals surface area (Å²) in [5.41, 5.74) is 8.98. The van der Waals surface area contributed by atoms with Gasteiger partial charge >= 0.3 is 0 Å². The van der Waals surface area contributed by atoms with Gasteiger partial charge in [-0.3, -0.25) is 9.63 Å². The zero-order chi connectivity index (χ0) is 13.7. The molecule has 0 saturated carbocycles. The zero-order valence-electron chi connectivity index (χ0n) is 10.1. The number of hydroxylamine groups is 1. The summed E-state index contributed by atoms with van der Waals surface area (Å²) in [5.74, 6) is -1.10. The Kier molecular flexibility index (Phi) is 4.10. The third kappa shape index (κ3) is 3.53. The minimum Gasteiger partial charge on any atom is -0.398 e. The molecule has 0 bridgehead atoms. The Morgan fingerprint density at radius 2 is 1.95 bits per heavy atom. The summed E-state index contributed by atoms with van der Waals surface area (Å²) < 4.78 is 13.0. The molecule has 0 saturated heterocycles. The number of nitrogen functional groups attached to an aromatic ring is 1. The van der Waals surface area contributed by atoms with Crippen molar-refractivity contribution >= 4 is 11.6 Å². The average Bonchev–Trinajstić information content (AvgIpc) is 2.42. The van der Waals surface area contributed by atoms with Crippen molar-refractivity contribution in [3.8, 4) is 0 Å². The lowest BCUT2D eigenvalue weighted by Crippen LogP contribution is -2.24. The highest BCUT2D eigenvalue weighted by atomic mass is 19.1. The lowest BCUT2D eigenvalue weighted by atomic mass is 10.1. The minimum atomic E-state index is -0.576. The van der Waals surface area contributed by atoms with Gasteiger partial charge in [0.2, 0.25) is 0 Å². The summed E-state index contributed by atoms with van der Waals surface area (Å²) >= 11 is 0. The highest BCUT2D eigenvalue weighted by Crippen LogP contribution is 2.13. The Hall–Kier alpha value is -2.40. The van der Waals surface area contributed by atoms with Crippen molar-refractivity contribution in [3.63, 3.8) is 0 Å². The Labute approximate surface area is 110 Å². The first kappa shape index (κ1) is 13.0. The number of carbonyl (C=O) groups is 1. The predicted octanol–water partition coefficient (Wildman–Crippen LogP) is 2.27. The molecule has 0 aliphatic heterocycles. The first-order valence-electron chi connectivity index (χ1n) is 5.68. The SMILES string of the molecule is Nc1ccc(F)cc1C(=O)NOCc1ccccc1. The molecule has 2 aromatic rings. The van der Waals surface area contributed by atoms with Crippen molar-refractivity contribution in [2.45, 2.75) is 6.61 Å². The lowest BCUT2D eigenvalue weighted by molar-refractivity contribution is 0.0234. The maximum atomic E-state index is 13.0. The fourth-order valence-corrected chi connectivity index (χ4v) is 1.54. The molecule has 98 valence electrons. The van der Waals surface area contributed by atoms with Crippen LogP contribution in [0.4, 0.5) is 10.1 Å². The number of anilines is 1. The van der Waals surface area contributed by atoms with E-state index in [4.69, 9.17) is 10.6 Å². The molecule has 2 aromatic carbocycles. The number of carbonyl (C=O) groups excluding carboxylic acids is 1. The topological polar surface area (TPSA) is 64.4 Å². The monoisotopic (exact) mass is 260 g/mol. The number of nitrogens with one attached hydrogen (secondary N) is 1. The summed E-state index contributed by atoms with van der Waals surface area (Å²) in [6.07, 6.45) is 0.